The van der Waals surface area contributed by atoms with Crippen molar-refractivity contribution in [2.75, 3.05) is 24.5 Å². The number of aryl methyl sites for hydroxylation is 1. The Kier molecular flexibility index (Phi) is 2.62. The third kappa shape index (κ3) is 2.18. The van der Waals surface area contributed by atoms with Gasteiger partial charge >= 0.3 is 0 Å². The van der Waals surface area contributed by atoms with Gasteiger partial charge in [-0.3, -0.25) is 4.68 Å². The molecule has 1 N–H and O–H groups in total. The molecule has 1 atom stereocenters. The normalized spacial score (nSPS) is 30.4. The van der Waals surface area contributed by atoms with Gasteiger partial charge in [0.25, 0.3) is 0 Å². The van der Waals surface area contributed by atoms with Crippen molar-refractivity contribution >= 4 is 5.82 Å². The Labute approximate surface area is 103 Å². The van der Waals surface area contributed by atoms with Crippen LogP contribution in [0.1, 0.15) is 26.2 Å². The van der Waals surface area contributed by atoms with Crippen LogP contribution in [-0.4, -0.2) is 35.0 Å². The van der Waals surface area contributed by atoms with Crippen molar-refractivity contribution in [2.24, 2.45) is 13.0 Å². The zero-order valence-corrected chi connectivity index (χ0v) is 10.8. The molecule has 2 heterocycles. The van der Waals surface area contributed by atoms with Gasteiger partial charge in [-0.15, -0.1) is 0 Å². The summed E-state index contributed by atoms with van der Waals surface area (Å²) in [4.78, 5) is 2.44. The SMILES string of the molecule is Cn1ccc(N2CCCNC(C)(C3CC3)C2)n1. The van der Waals surface area contributed by atoms with Gasteiger partial charge in [-0.1, -0.05) is 0 Å². The minimum atomic E-state index is 0.286. The average Bonchev–Trinajstić information content (AvgIpc) is 3.08. The lowest BCUT2D eigenvalue weighted by Gasteiger charge is -2.34. The first-order valence-electron chi connectivity index (χ1n) is 6.67. The lowest BCUT2D eigenvalue weighted by molar-refractivity contribution is 0.331. The molecule has 1 unspecified atom stereocenters. The third-order valence-corrected chi connectivity index (χ3v) is 4.15. The van der Waals surface area contributed by atoms with Crippen LogP contribution in [0.4, 0.5) is 5.82 Å². The van der Waals surface area contributed by atoms with Gasteiger partial charge in [0.05, 0.1) is 0 Å². The van der Waals surface area contributed by atoms with Crippen molar-refractivity contribution < 1.29 is 0 Å². The van der Waals surface area contributed by atoms with Crippen molar-refractivity contribution in [3.8, 4) is 0 Å². The lowest BCUT2D eigenvalue weighted by atomic mass is 9.95. The van der Waals surface area contributed by atoms with E-state index in [4.69, 9.17) is 0 Å². The van der Waals surface area contributed by atoms with Gasteiger partial charge in [-0.2, -0.15) is 5.10 Å². The van der Waals surface area contributed by atoms with Crippen molar-refractivity contribution in [3.05, 3.63) is 12.3 Å². The second-order valence-corrected chi connectivity index (χ2v) is 5.74. The number of anilines is 1. The molecule has 1 saturated carbocycles. The molecule has 1 saturated heterocycles. The summed E-state index contributed by atoms with van der Waals surface area (Å²) in [5.41, 5.74) is 0.286. The van der Waals surface area contributed by atoms with Crippen LogP contribution >= 0.6 is 0 Å². The summed E-state index contributed by atoms with van der Waals surface area (Å²) in [6.45, 7) is 5.73. The van der Waals surface area contributed by atoms with E-state index in [1.54, 1.807) is 0 Å². The Bertz CT molecular complexity index is 396. The van der Waals surface area contributed by atoms with Gasteiger partial charge in [0.1, 0.15) is 0 Å². The minimum Gasteiger partial charge on any atom is -0.353 e. The summed E-state index contributed by atoms with van der Waals surface area (Å²) in [5, 5.41) is 8.29. The molecule has 0 aromatic carbocycles. The van der Waals surface area contributed by atoms with Gasteiger partial charge in [0.2, 0.25) is 0 Å². The maximum Gasteiger partial charge on any atom is 0.150 e. The highest BCUT2D eigenvalue weighted by Crippen LogP contribution is 2.40. The van der Waals surface area contributed by atoms with E-state index >= 15 is 0 Å². The van der Waals surface area contributed by atoms with Crippen LogP contribution in [0.5, 0.6) is 0 Å². The van der Waals surface area contributed by atoms with E-state index in [0.717, 1.165) is 31.4 Å². The second-order valence-electron chi connectivity index (χ2n) is 5.74. The monoisotopic (exact) mass is 234 g/mol. The van der Waals surface area contributed by atoms with Crippen LogP contribution in [0.2, 0.25) is 0 Å². The van der Waals surface area contributed by atoms with Gasteiger partial charge < -0.3 is 10.2 Å². The highest BCUT2D eigenvalue weighted by Gasteiger charge is 2.43. The molecule has 2 aliphatic rings. The van der Waals surface area contributed by atoms with Crippen LogP contribution < -0.4 is 10.2 Å². The van der Waals surface area contributed by atoms with Gasteiger partial charge in [-0.05, 0) is 38.6 Å². The summed E-state index contributed by atoms with van der Waals surface area (Å²) in [6, 6.07) is 2.12. The number of hydrogen-bond donors (Lipinski definition) is 1. The van der Waals surface area contributed by atoms with Gasteiger partial charge in [0, 0.05) is 37.9 Å². The molecule has 0 radical (unpaired) electrons. The molecular weight excluding hydrogens is 212 g/mol. The Morgan fingerprint density at radius 2 is 2.29 bits per heavy atom. The predicted octanol–water partition coefficient (Wildman–Crippen LogP) is 1.39. The van der Waals surface area contributed by atoms with Crippen LogP contribution in [-0.2, 0) is 7.05 Å². The number of nitrogens with one attached hydrogen (secondary N) is 1. The van der Waals surface area contributed by atoms with E-state index in [9.17, 15) is 0 Å². The minimum absolute atomic E-state index is 0.286. The maximum absolute atomic E-state index is 4.54. The Hall–Kier alpha value is -1.03. The van der Waals surface area contributed by atoms with E-state index < -0.39 is 0 Å². The standard InChI is InChI=1S/C13H22N4/c1-13(11-4-5-11)10-17(8-3-7-14-13)12-6-9-16(2)15-12/h6,9,11,14H,3-5,7-8,10H2,1-2H3. The van der Waals surface area contributed by atoms with Gasteiger partial charge in [0.15, 0.2) is 5.82 Å². The first kappa shape index (κ1) is 11.1. The fourth-order valence-corrected chi connectivity index (χ4v) is 2.94. The van der Waals surface area contributed by atoms with Crippen LogP contribution in [0.3, 0.4) is 0 Å². The van der Waals surface area contributed by atoms with Crippen molar-refractivity contribution in [3.63, 3.8) is 0 Å². The molecule has 17 heavy (non-hydrogen) atoms. The molecule has 0 bridgehead atoms. The molecule has 0 amide bonds. The Balaban J connectivity index is 1.79. The molecule has 1 aliphatic heterocycles. The smallest absolute Gasteiger partial charge is 0.150 e. The molecular formula is C13H22N4. The summed E-state index contributed by atoms with van der Waals surface area (Å²) in [5.74, 6) is 2.00. The summed E-state index contributed by atoms with van der Waals surface area (Å²) in [7, 11) is 1.99. The average molecular weight is 234 g/mol. The number of nitrogens with zero attached hydrogens (tertiary/aromatic N) is 3. The fraction of sp³-hybridized carbons (Fsp3) is 0.769. The molecule has 4 heteroatoms. The zero-order valence-electron chi connectivity index (χ0n) is 10.8. The molecule has 1 aliphatic carbocycles. The fourth-order valence-electron chi connectivity index (χ4n) is 2.94. The van der Waals surface area contributed by atoms with E-state index in [1.165, 1.54) is 19.3 Å². The summed E-state index contributed by atoms with van der Waals surface area (Å²) < 4.78 is 1.89. The Morgan fingerprint density at radius 1 is 1.47 bits per heavy atom. The van der Waals surface area contributed by atoms with E-state index in [0.29, 0.717) is 0 Å². The lowest BCUT2D eigenvalue weighted by Crippen LogP contribution is -2.51. The van der Waals surface area contributed by atoms with Crippen LogP contribution in [0.15, 0.2) is 12.3 Å². The molecule has 3 rings (SSSR count). The highest BCUT2D eigenvalue weighted by molar-refractivity contribution is 5.38. The maximum atomic E-state index is 4.54. The van der Waals surface area contributed by atoms with E-state index in [1.807, 2.05) is 17.9 Å². The quantitative estimate of drug-likeness (QED) is 0.839. The molecule has 1 aromatic heterocycles. The van der Waals surface area contributed by atoms with Crippen LogP contribution in [0, 0.1) is 5.92 Å². The molecule has 1 aromatic rings. The second kappa shape index (κ2) is 4.02. The van der Waals surface area contributed by atoms with Crippen molar-refractivity contribution in [2.45, 2.75) is 31.7 Å². The van der Waals surface area contributed by atoms with Gasteiger partial charge in [-0.25, -0.2) is 0 Å². The van der Waals surface area contributed by atoms with E-state index in [2.05, 4.69) is 28.3 Å². The van der Waals surface area contributed by atoms with E-state index in [-0.39, 0.29) is 5.54 Å². The first-order chi connectivity index (χ1) is 8.17. The molecule has 4 nitrogen and oxygen atoms in total. The number of rotatable bonds is 2. The summed E-state index contributed by atoms with van der Waals surface area (Å²) in [6.07, 6.45) is 6.01. The summed E-state index contributed by atoms with van der Waals surface area (Å²) >= 11 is 0. The number of aromatic nitrogens is 2. The van der Waals surface area contributed by atoms with Crippen LogP contribution in [0.25, 0.3) is 0 Å². The van der Waals surface area contributed by atoms with Crippen molar-refractivity contribution in [1.82, 2.24) is 15.1 Å². The molecule has 0 spiro atoms. The highest BCUT2D eigenvalue weighted by atomic mass is 15.3. The first-order valence-corrected chi connectivity index (χ1v) is 6.67. The predicted molar refractivity (Wildman–Crippen MR) is 69.2 cm³/mol. The zero-order chi connectivity index (χ0) is 11.9. The largest absolute Gasteiger partial charge is 0.353 e. The Morgan fingerprint density at radius 3 is 2.94 bits per heavy atom. The topological polar surface area (TPSA) is 33.1 Å². The molecule has 2 fully saturated rings. The molecule has 94 valence electrons. The number of hydrogen-bond acceptors (Lipinski definition) is 3. The third-order valence-electron chi connectivity index (χ3n) is 4.15. The van der Waals surface area contributed by atoms with Crippen molar-refractivity contribution in [1.29, 1.82) is 0 Å².